The molecule has 8 heterocycles. The number of carbonyl (C=O) groups is 2. The van der Waals surface area contributed by atoms with Crippen LogP contribution in [0.2, 0.25) is 0 Å². The fraction of sp³-hybridized carbons (Fsp3) is 0.696. The van der Waals surface area contributed by atoms with Crippen LogP contribution < -0.4 is 32.6 Å². The summed E-state index contributed by atoms with van der Waals surface area (Å²) >= 11 is 11.1. The van der Waals surface area contributed by atoms with Gasteiger partial charge >= 0.3 is 6.03 Å². The van der Waals surface area contributed by atoms with Crippen molar-refractivity contribution >= 4 is 46.5 Å². The lowest BCUT2D eigenvalue weighted by atomic mass is 9.80. The third-order valence-electron chi connectivity index (χ3n) is 29.3. The van der Waals surface area contributed by atoms with Crippen molar-refractivity contribution in [1.29, 1.82) is 0 Å². The van der Waals surface area contributed by atoms with Gasteiger partial charge in [0.1, 0.15) is 66.4 Å². The lowest BCUT2D eigenvalue weighted by Crippen LogP contribution is -2.35. The van der Waals surface area contributed by atoms with Crippen LogP contribution in [0, 0.1) is 43.3 Å². The zero-order valence-electron chi connectivity index (χ0n) is 90.2. The summed E-state index contributed by atoms with van der Waals surface area (Å²) in [5, 5.41) is 141. The summed E-state index contributed by atoms with van der Waals surface area (Å²) in [6.45, 7) is 41.3. The fourth-order valence-corrected chi connectivity index (χ4v) is 18.3. The number of aryl methyl sites for hydroxylation is 6. The summed E-state index contributed by atoms with van der Waals surface area (Å²) in [5.74, 6) is -0.859. The molecule has 8 unspecified atom stereocenters. The number of imide groups is 1. The lowest BCUT2D eigenvalue weighted by Gasteiger charge is -2.29. The Morgan fingerprint density at radius 1 is 0.281 bits per heavy atom. The molecule has 2 aliphatic heterocycles. The molecule has 824 valence electrons. The molecule has 3 amide bonds. The minimum Gasteiger partial charge on any atom is -0.502 e. The highest BCUT2D eigenvalue weighted by Gasteiger charge is 2.38. The van der Waals surface area contributed by atoms with Gasteiger partial charge in [-0.25, -0.2) is 4.79 Å². The molecule has 2 fully saturated rings. The molecule has 0 bridgehead atoms. The van der Waals surface area contributed by atoms with Crippen LogP contribution in [0.25, 0.3) is 0 Å². The first kappa shape index (κ1) is 127. The monoisotopic (exact) mass is 2090 g/mol. The van der Waals surface area contributed by atoms with Gasteiger partial charge in [0.2, 0.25) is 38.5 Å². The van der Waals surface area contributed by atoms with E-state index in [0.29, 0.717) is 195 Å². The van der Waals surface area contributed by atoms with Crippen LogP contribution >= 0.6 is 24.4 Å². The van der Waals surface area contributed by atoms with Crippen molar-refractivity contribution in [3.8, 4) is 34.5 Å². The first-order valence-electron chi connectivity index (χ1n) is 52.4. The largest absolute Gasteiger partial charge is 0.502 e. The Labute approximate surface area is 873 Å². The molecule has 0 aliphatic carbocycles. The summed E-state index contributed by atoms with van der Waals surface area (Å²) in [7, 11) is 0. The number of nitrogens with zero attached hydrogens (tertiary/aromatic N) is 4. The number of aliphatic hydroxyl groups is 8. The van der Waals surface area contributed by atoms with Crippen molar-refractivity contribution in [2.24, 2.45) is 43.3 Å². The van der Waals surface area contributed by atoms with E-state index in [1.54, 1.807) is 4.90 Å². The van der Waals surface area contributed by atoms with Gasteiger partial charge in [-0.15, -0.1) is 0 Å². The summed E-state index contributed by atoms with van der Waals surface area (Å²) in [6, 6.07) is 3.74. The number of hydrogen-bond acceptors (Lipinski definition) is 30. The van der Waals surface area contributed by atoms with E-state index in [0.717, 1.165) is 164 Å². The van der Waals surface area contributed by atoms with E-state index < -0.39 is 98.7 Å². The van der Waals surface area contributed by atoms with E-state index in [2.05, 4.69) is 128 Å². The van der Waals surface area contributed by atoms with E-state index in [1.807, 2.05) is 6.92 Å². The molecule has 0 spiro atoms. The first-order chi connectivity index (χ1) is 68.0. The van der Waals surface area contributed by atoms with Crippen LogP contribution in [0.1, 0.15) is 364 Å². The molecule has 32 nitrogen and oxygen atoms in total. The molecule has 6 aromatic heterocycles. The minimum atomic E-state index is -0.511. The van der Waals surface area contributed by atoms with E-state index in [4.69, 9.17) is 50.9 Å². The molecular formula is C112H176N4O28S2. The van der Waals surface area contributed by atoms with Crippen molar-refractivity contribution in [1.82, 2.24) is 19.6 Å². The normalized spacial score (nSPS) is 15.3. The number of aromatic hydroxyl groups is 6. The molecule has 8 atom stereocenters. The Morgan fingerprint density at radius 2 is 0.507 bits per heavy atom. The maximum atomic E-state index is 12.3. The lowest BCUT2D eigenvalue weighted by molar-refractivity contribution is -0.125. The average molecular weight is 2090 g/mol. The van der Waals surface area contributed by atoms with Gasteiger partial charge in [0.15, 0.2) is 39.6 Å². The summed E-state index contributed by atoms with van der Waals surface area (Å²) in [6.07, 6.45) is 31.5. The Kier molecular flexibility index (Phi) is 52.4. The molecule has 14 N–H and O–H groups in total. The topological polar surface area (TPSA) is 512 Å². The quantitative estimate of drug-likeness (QED) is 0.0125. The van der Waals surface area contributed by atoms with Gasteiger partial charge in [-0.1, -0.05) is 123 Å². The third kappa shape index (κ3) is 48.2. The number of urea groups is 1. The van der Waals surface area contributed by atoms with Crippen molar-refractivity contribution in [3.05, 3.63) is 170 Å². The predicted molar refractivity (Wildman–Crippen MR) is 572 cm³/mol. The van der Waals surface area contributed by atoms with Crippen LogP contribution in [0.4, 0.5) is 4.79 Å². The zero-order valence-corrected chi connectivity index (χ0v) is 91.9. The molecule has 0 aromatic carbocycles. The molecule has 6 aromatic rings. The number of rotatable bonds is 62. The Morgan fingerprint density at radius 3 is 0.726 bits per heavy atom. The Bertz CT molecular complexity index is 5120. The van der Waals surface area contributed by atoms with Crippen molar-refractivity contribution in [2.45, 2.75) is 417 Å². The Hall–Kier alpha value is -9.10. The number of amides is 3. The summed E-state index contributed by atoms with van der Waals surface area (Å²) in [5.41, 5.74) is -1.74. The van der Waals surface area contributed by atoms with Crippen LogP contribution in [-0.4, -0.2) is 201 Å². The summed E-state index contributed by atoms with van der Waals surface area (Å²) in [4.78, 5) is 103. The van der Waals surface area contributed by atoms with E-state index in [9.17, 15) is 110 Å². The smallest absolute Gasteiger partial charge is 0.327 e. The number of thiocarbonyl (C=S) groups is 2. The highest BCUT2D eigenvalue weighted by atomic mass is 32.1. The molecule has 0 saturated carbocycles. The van der Waals surface area contributed by atoms with E-state index in [-0.39, 0.29) is 79.1 Å². The number of carbonyl (C=O) groups excluding carboxylic acids is 2. The molecule has 0 radical (unpaired) electrons. The van der Waals surface area contributed by atoms with Crippen LogP contribution in [-0.2, 0) is 43.3 Å². The Balaban J connectivity index is 0.000000343. The third-order valence-corrected chi connectivity index (χ3v) is 30.1. The molecule has 34 heteroatoms. The van der Waals surface area contributed by atoms with Gasteiger partial charge in [-0.3, -0.25) is 38.5 Å². The second-order valence-corrected chi connectivity index (χ2v) is 47.8. The van der Waals surface area contributed by atoms with Gasteiger partial charge in [0, 0.05) is 80.3 Å². The fourth-order valence-electron chi connectivity index (χ4n) is 17.5. The second-order valence-electron chi connectivity index (χ2n) is 47.0. The maximum Gasteiger partial charge on any atom is 0.327 e. The predicted octanol–water partition coefficient (Wildman–Crippen LogP) is 18.5. The molecule has 2 aliphatic rings. The van der Waals surface area contributed by atoms with Crippen LogP contribution in [0.5, 0.6) is 34.5 Å². The van der Waals surface area contributed by atoms with E-state index >= 15 is 0 Å². The number of likely N-dealkylation sites (N-methyl/N-ethyl adjacent to an activating group) is 2. The zero-order chi connectivity index (χ0) is 109. The van der Waals surface area contributed by atoms with Crippen molar-refractivity contribution in [3.63, 3.8) is 0 Å². The van der Waals surface area contributed by atoms with Gasteiger partial charge < -0.3 is 113 Å². The summed E-state index contributed by atoms with van der Waals surface area (Å²) < 4.78 is 30.7. The number of hydrogen-bond donors (Lipinski definition) is 14. The van der Waals surface area contributed by atoms with Crippen LogP contribution in [0.15, 0.2) is 130 Å². The SMILES string of the molecule is CC(C)(CCc1cc(=O)c(O)co1)CCC(O)CCC(O)CCC(C)(C)CCc1cc(=O)c(O)co1.CC(C)(CCc1cc(=O)c(O)co1)CCC(O)CCC(O)CCC(C)(C)CCc1cocc(O)c1=O.CC(C)(CCc1cocc(O)c1=O)CCC(O)CCC(O)CCC(C)(C)CCc1cocc(O)c1=O.CCN1CC(=O)N(CCC(C)(C)CCC(O)CCC(O)CCC(C)(C)CCN2C(=S)CN(CC)C2=S)C1=O. The van der Waals surface area contributed by atoms with Crippen molar-refractivity contribution < 1.29 is 108 Å². The van der Waals surface area contributed by atoms with Crippen molar-refractivity contribution in [2.75, 3.05) is 39.3 Å². The maximum absolute atomic E-state index is 12.3. The van der Waals surface area contributed by atoms with Gasteiger partial charge in [-0.05, 0) is 294 Å². The second kappa shape index (κ2) is 60.1. The molecule has 8 rings (SSSR count). The highest BCUT2D eigenvalue weighted by molar-refractivity contribution is 7.82. The first-order valence-corrected chi connectivity index (χ1v) is 53.2. The molecular weight excluding hydrogens is 1910 g/mol. The molecule has 2 saturated heterocycles. The standard InChI is InChI=1S/C28H50N4O4S2.3C28H42O8/c1-7-29-19-23(35)31(25(29)36)17-15-27(3,4)13-11-21(33)9-10-22(34)12-14-28(5,6)16-18-32-24(37)20-30(8-2)26(32)38;1-27(2,11-7-19-16-35-17-25(33)26(19)34)12-8-20(29)5-6-21(30)9-13-28(3,4)14-10-22-15-23(31)24(32)18-36-22;1-27(2,11-7-19-15-35-17-23(31)25(19)33)13-9-21(29)5-6-22(30)10-14-28(3,4)12-8-20-16-36-18-24(32)26(20)34;1-27(2,13-9-21-15-23(31)25(33)17-35-21)11-7-19(29)5-6-20(30)8-12-28(3,4)14-10-22-16-24(32)26(34)18-36-22/h21-22,33-34H,7-20H2,1-6H3;15-18,20-21,29-30,32-33H,5-14H2,1-4H3;15-18,21-22,29-32H,5-14H2,1-4H3;15-20,29-30,33-34H,5-14H2,1-4H3. The highest BCUT2D eigenvalue weighted by Crippen LogP contribution is 2.39. The van der Waals surface area contributed by atoms with Gasteiger partial charge in [0.25, 0.3) is 0 Å². The van der Waals surface area contributed by atoms with Gasteiger partial charge in [-0.2, -0.15) is 0 Å². The van der Waals surface area contributed by atoms with Gasteiger partial charge in [0.05, 0.1) is 74.2 Å². The molecule has 146 heavy (non-hydrogen) atoms. The number of aliphatic hydroxyl groups excluding tert-OH is 8. The minimum absolute atomic E-state index is 0.0563. The van der Waals surface area contributed by atoms with Crippen LogP contribution in [0.3, 0.4) is 0 Å². The average Bonchev–Trinajstić information content (AvgIpc) is 1.67. The van der Waals surface area contributed by atoms with E-state index in [1.165, 1.54) is 41.9 Å².